The van der Waals surface area contributed by atoms with Crippen LogP contribution in [-0.2, 0) is 31.3 Å². The van der Waals surface area contributed by atoms with Gasteiger partial charge < -0.3 is 4.74 Å². The van der Waals surface area contributed by atoms with Gasteiger partial charge in [0.2, 0.25) is 26.0 Å². The minimum absolute atomic E-state index is 0.00474. The number of nitrogens with one attached hydrogen (secondary N) is 1. The van der Waals surface area contributed by atoms with Crippen LogP contribution in [0.5, 0.6) is 5.75 Å². The van der Waals surface area contributed by atoms with Crippen LogP contribution in [0.4, 0.5) is 10.1 Å². The first-order valence-electron chi connectivity index (χ1n) is 9.04. The number of sulfonamides is 2. The Balaban J connectivity index is 1.87. The third kappa shape index (κ3) is 4.47. The van der Waals surface area contributed by atoms with Crippen LogP contribution in [-0.4, -0.2) is 42.2 Å². The summed E-state index contributed by atoms with van der Waals surface area (Å²) >= 11 is 0. The van der Waals surface area contributed by atoms with Crippen molar-refractivity contribution in [3.63, 3.8) is 0 Å². The van der Waals surface area contributed by atoms with Crippen LogP contribution in [0.1, 0.15) is 12.5 Å². The van der Waals surface area contributed by atoms with Crippen LogP contribution >= 0.6 is 0 Å². The van der Waals surface area contributed by atoms with E-state index < -0.39 is 31.9 Å². The van der Waals surface area contributed by atoms with Crippen LogP contribution in [0.2, 0.25) is 0 Å². The molecule has 0 spiro atoms. The van der Waals surface area contributed by atoms with Crippen LogP contribution in [0.3, 0.4) is 0 Å². The number of hydrogen-bond acceptors (Lipinski definition) is 6. The summed E-state index contributed by atoms with van der Waals surface area (Å²) in [5.74, 6) is -2.05. The molecular weight excluding hydrogens is 435 g/mol. The summed E-state index contributed by atoms with van der Waals surface area (Å²) in [5, 5.41) is 0. The fourth-order valence-electron chi connectivity index (χ4n) is 3.15. The summed E-state index contributed by atoms with van der Waals surface area (Å²) < 4.78 is 71.5. The van der Waals surface area contributed by atoms with Crippen molar-refractivity contribution in [3.8, 4) is 5.75 Å². The third-order valence-electron chi connectivity index (χ3n) is 4.65. The second-order valence-corrected chi connectivity index (χ2v) is 10.5. The molecule has 1 aliphatic rings. The van der Waals surface area contributed by atoms with Crippen molar-refractivity contribution >= 4 is 31.6 Å². The number of ether oxygens (including phenoxy) is 1. The zero-order valence-electron chi connectivity index (χ0n) is 16.3. The van der Waals surface area contributed by atoms with Gasteiger partial charge in [-0.15, -0.1) is 0 Å². The number of carbonyl (C=O) groups is 1. The average Bonchev–Trinajstić information content (AvgIpc) is 2.89. The van der Waals surface area contributed by atoms with Crippen LogP contribution < -0.4 is 13.8 Å². The largest absolute Gasteiger partial charge is 0.495 e. The smallest absolute Gasteiger partial charge is 0.244 e. The van der Waals surface area contributed by atoms with E-state index in [1.807, 2.05) is 0 Å². The number of methoxy groups -OCH3 is 1. The minimum atomic E-state index is -4.08. The van der Waals surface area contributed by atoms with Crippen molar-refractivity contribution in [2.24, 2.45) is 5.92 Å². The Labute approximate surface area is 174 Å². The predicted molar refractivity (Wildman–Crippen MR) is 109 cm³/mol. The van der Waals surface area contributed by atoms with Gasteiger partial charge in [-0.3, -0.25) is 4.79 Å². The molecule has 2 aromatic rings. The van der Waals surface area contributed by atoms with E-state index in [2.05, 4.69) is 4.72 Å². The molecule has 1 saturated heterocycles. The van der Waals surface area contributed by atoms with E-state index in [0.717, 1.165) is 11.6 Å². The van der Waals surface area contributed by atoms with Crippen molar-refractivity contribution in [1.29, 1.82) is 0 Å². The Morgan fingerprint density at radius 2 is 1.87 bits per heavy atom. The van der Waals surface area contributed by atoms with Crippen molar-refractivity contribution in [1.82, 2.24) is 4.72 Å². The molecule has 2 aromatic carbocycles. The molecule has 162 valence electrons. The molecule has 0 saturated carbocycles. The van der Waals surface area contributed by atoms with Gasteiger partial charge >= 0.3 is 0 Å². The fraction of sp³-hybridized carbons (Fsp3) is 0.316. The maximum atomic E-state index is 13.0. The summed E-state index contributed by atoms with van der Waals surface area (Å²) in [6, 6.07) is 9.40. The van der Waals surface area contributed by atoms with E-state index in [4.69, 9.17) is 4.74 Å². The van der Waals surface area contributed by atoms with Gasteiger partial charge in [0.15, 0.2) is 0 Å². The Bertz CT molecular complexity index is 1160. The molecule has 1 aliphatic heterocycles. The monoisotopic (exact) mass is 456 g/mol. The van der Waals surface area contributed by atoms with E-state index in [9.17, 15) is 26.0 Å². The molecule has 30 heavy (non-hydrogen) atoms. The van der Waals surface area contributed by atoms with Gasteiger partial charge in [-0.05, 0) is 42.3 Å². The Morgan fingerprint density at radius 3 is 2.43 bits per heavy atom. The van der Waals surface area contributed by atoms with Gasteiger partial charge in [0.05, 0.1) is 24.5 Å². The molecule has 3 rings (SSSR count). The second-order valence-electron chi connectivity index (χ2n) is 6.89. The van der Waals surface area contributed by atoms with Crippen molar-refractivity contribution in [3.05, 3.63) is 53.8 Å². The minimum Gasteiger partial charge on any atom is -0.495 e. The molecule has 0 aromatic heterocycles. The van der Waals surface area contributed by atoms with Gasteiger partial charge in [-0.1, -0.05) is 19.1 Å². The van der Waals surface area contributed by atoms with Gasteiger partial charge in [0, 0.05) is 6.54 Å². The highest BCUT2D eigenvalue weighted by Gasteiger charge is 2.42. The van der Waals surface area contributed by atoms with E-state index in [-0.39, 0.29) is 34.4 Å². The number of carbonyl (C=O) groups excluding carboxylic acids is 1. The summed E-state index contributed by atoms with van der Waals surface area (Å²) in [7, 11) is -6.68. The van der Waals surface area contributed by atoms with Gasteiger partial charge in [-0.25, -0.2) is 30.3 Å². The van der Waals surface area contributed by atoms with Crippen LogP contribution in [0.25, 0.3) is 0 Å². The molecule has 0 radical (unpaired) electrons. The second kappa shape index (κ2) is 8.32. The number of halogens is 1. The number of benzene rings is 2. The average molecular weight is 457 g/mol. The topological polar surface area (TPSA) is 110 Å². The molecule has 1 fully saturated rings. The lowest BCUT2D eigenvalue weighted by molar-refractivity contribution is -0.119. The first kappa shape index (κ1) is 22.2. The van der Waals surface area contributed by atoms with Crippen LogP contribution in [0.15, 0.2) is 47.4 Å². The van der Waals surface area contributed by atoms with Crippen molar-refractivity contribution < 1.29 is 30.8 Å². The first-order valence-corrected chi connectivity index (χ1v) is 12.1. The lowest BCUT2D eigenvalue weighted by Gasteiger charge is -2.18. The SMILES string of the molecule is COc1ccc(N2C(=O)C(C)CS2(=O)=O)cc1S(=O)(=O)NCCc1ccc(F)cc1. The molecule has 1 atom stereocenters. The molecule has 1 amide bonds. The normalized spacial score (nSPS) is 18.6. The highest BCUT2D eigenvalue weighted by molar-refractivity contribution is 7.94. The number of amides is 1. The predicted octanol–water partition coefficient (Wildman–Crippen LogP) is 1.67. The molecule has 11 heteroatoms. The maximum Gasteiger partial charge on any atom is 0.244 e. The molecule has 1 unspecified atom stereocenters. The zero-order valence-corrected chi connectivity index (χ0v) is 18.0. The van der Waals surface area contributed by atoms with E-state index >= 15 is 0 Å². The number of anilines is 1. The third-order valence-corrected chi connectivity index (χ3v) is 8.00. The van der Waals surface area contributed by atoms with Crippen molar-refractivity contribution in [2.75, 3.05) is 23.7 Å². The molecule has 1 N–H and O–H groups in total. The summed E-state index contributed by atoms with van der Waals surface area (Å²) in [6.07, 6.45) is 0.317. The molecule has 0 bridgehead atoms. The molecule has 8 nitrogen and oxygen atoms in total. The quantitative estimate of drug-likeness (QED) is 0.679. The Hall–Kier alpha value is -2.50. The van der Waals surface area contributed by atoms with Gasteiger partial charge in [-0.2, -0.15) is 0 Å². The summed E-state index contributed by atoms with van der Waals surface area (Å²) in [6.45, 7) is 1.53. The van der Waals surface area contributed by atoms with E-state index in [0.29, 0.717) is 10.7 Å². The first-order chi connectivity index (χ1) is 14.0. The fourth-order valence-corrected chi connectivity index (χ4v) is 6.18. The van der Waals surface area contributed by atoms with E-state index in [1.54, 1.807) is 12.1 Å². The number of rotatable bonds is 7. The highest BCUT2D eigenvalue weighted by atomic mass is 32.2. The van der Waals surface area contributed by atoms with Crippen LogP contribution in [0, 0.1) is 11.7 Å². The lowest BCUT2D eigenvalue weighted by atomic mass is 10.1. The lowest BCUT2D eigenvalue weighted by Crippen LogP contribution is -2.31. The zero-order chi connectivity index (χ0) is 22.1. The standard InChI is InChI=1S/C19H21FN2O6S2/c1-13-12-29(24,25)22(19(13)23)16-7-8-17(28-2)18(11-16)30(26,27)21-10-9-14-3-5-15(20)6-4-14/h3-8,11,13,21H,9-10,12H2,1-2H3. The number of nitrogens with zero attached hydrogens (tertiary/aromatic N) is 1. The van der Waals surface area contributed by atoms with Gasteiger partial charge in [0.25, 0.3) is 0 Å². The highest BCUT2D eigenvalue weighted by Crippen LogP contribution is 2.33. The van der Waals surface area contributed by atoms with Gasteiger partial charge in [0.1, 0.15) is 16.5 Å². The Morgan fingerprint density at radius 1 is 1.20 bits per heavy atom. The summed E-state index contributed by atoms with van der Waals surface area (Å²) in [5.41, 5.74) is 0.673. The molecule has 0 aliphatic carbocycles. The maximum absolute atomic E-state index is 13.0. The number of hydrogen-bond donors (Lipinski definition) is 1. The molecular formula is C19H21FN2O6S2. The van der Waals surface area contributed by atoms with Crippen molar-refractivity contribution in [2.45, 2.75) is 18.2 Å². The summed E-state index contributed by atoms with van der Waals surface area (Å²) in [4.78, 5) is 12.0. The van der Waals surface area contributed by atoms with E-state index in [1.165, 1.54) is 38.3 Å². The Kier molecular flexibility index (Phi) is 6.16. The molecule has 1 heterocycles.